The number of benzene rings is 2. The predicted octanol–water partition coefficient (Wildman–Crippen LogP) is 4.11. The van der Waals surface area contributed by atoms with Crippen LogP contribution in [-0.2, 0) is 11.2 Å². The van der Waals surface area contributed by atoms with Crippen molar-refractivity contribution < 1.29 is 14.3 Å². The van der Waals surface area contributed by atoms with Crippen molar-refractivity contribution in [3.63, 3.8) is 0 Å². The first-order valence-corrected chi connectivity index (χ1v) is 11.8. The van der Waals surface area contributed by atoms with Gasteiger partial charge in [0, 0.05) is 46.5 Å². The van der Waals surface area contributed by atoms with Gasteiger partial charge in [-0.15, -0.1) is 11.3 Å². The number of carbonyl (C=O) groups is 2. The molecule has 0 saturated carbocycles. The first kappa shape index (κ1) is 20.1. The van der Waals surface area contributed by atoms with Gasteiger partial charge in [-0.25, -0.2) is 4.98 Å². The van der Waals surface area contributed by atoms with Crippen molar-refractivity contribution in [3.05, 3.63) is 76.2 Å². The number of nitrogens with zero attached hydrogens (tertiary/aromatic N) is 2. The van der Waals surface area contributed by atoms with Gasteiger partial charge in [0.05, 0.1) is 24.6 Å². The SMILES string of the molecule is NC(=O)c1cc(-c2ccc3sccc3c2)nc2c1Cc1cc(C(=O)N3CCOCC3)ccc1-2. The van der Waals surface area contributed by atoms with Crippen molar-refractivity contribution in [2.45, 2.75) is 6.42 Å². The molecule has 2 aliphatic rings. The summed E-state index contributed by atoms with van der Waals surface area (Å²) in [4.78, 5) is 32.1. The average Bonchev–Trinajstić information content (AvgIpc) is 3.46. The number of pyridine rings is 1. The molecular weight excluding hydrogens is 434 g/mol. The molecule has 1 saturated heterocycles. The number of morpholine rings is 1. The number of thiophene rings is 1. The lowest BCUT2D eigenvalue weighted by Crippen LogP contribution is -2.40. The highest BCUT2D eigenvalue weighted by Gasteiger charge is 2.28. The maximum atomic E-state index is 13.0. The molecule has 164 valence electrons. The topological polar surface area (TPSA) is 85.5 Å². The third-order valence-corrected chi connectivity index (χ3v) is 7.31. The van der Waals surface area contributed by atoms with Gasteiger partial charge in [0.1, 0.15) is 0 Å². The van der Waals surface area contributed by atoms with Crippen LogP contribution in [0, 0.1) is 0 Å². The molecule has 1 aliphatic carbocycles. The second-order valence-electron chi connectivity index (χ2n) is 8.37. The molecule has 0 bridgehead atoms. The van der Waals surface area contributed by atoms with Crippen molar-refractivity contribution in [1.29, 1.82) is 0 Å². The van der Waals surface area contributed by atoms with Crippen LogP contribution < -0.4 is 5.73 Å². The minimum atomic E-state index is -0.469. The maximum Gasteiger partial charge on any atom is 0.254 e. The summed E-state index contributed by atoms with van der Waals surface area (Å²) in [5.41, 5.74) is 12.1. The molecular formula is C26H21N3O3S. The Balaban J connectivity index is 1.42. The van der Waals surface area contributed by atoms with Crippen LogP contribution in [0.1, 0.15) is 31.8 Å². The average molecular weight is 456 g/mol. The Morgan fingerprint density at radius 3 is 2.70 bits per heavy atom. The fraction of sp³-hybridized carbons (Fsp3) is 0.192. The number of ether oxygens (including phenoxy) is 1. The van der Waals surface area contributed by atoms with Crippen LogP contribution in [0.15, 0.2) is 53.9 Å². The molecule has 6 rings (SSSR count). The number of amides is 2. The van der Waals surface area contributed by atoms with E-state index in [1.165, 1.54) is 4.70 Å². The Bertz CT molecular complexity index is 1440. The number of aromatic nitrogens is 1. The molecule has 0 atom stereocenters. The van der Waals surface area contributed by atoms with E-state index in [2.05, 4.69) is 23.6 Å². The molecule has 4 aromatic rings. The second-order valence-corrected chi connectivity index (χ2v) is 9.32. The van der Waals surface area contributed by atoms with Gasteiger partial charge in [0.15, 0.2) is 0 Å². The zero-order valence-electron chi connectivity index (χ0n) is 17.8. The fourth-order valence-electron chi connectivity index (χ4n) is 4.71. The van der Waals surface area contributed by atoms with Crippen molar-refractivity contribution in [1.82, 2.24) is 9.88 Å². The molecule has 1 aliphatic heterocycles. The van der Waals surface area contributed by atoms with Crippen LogP contribution in [0.3, 0.4) is 0 Å². The highest BCUT2D eigenvalue weighted by molar-refractivity contribution is 7.17. The van der Waals surface area contributed by atoms with Crippen LogP contribution in [0.25, 0.3) is 32.6 Å². The third-order valence-electron chi connectivity index (χ3n) is 6.41. The molecule has 0 radical (unpaired) electrons. The summed E-state index contributed by atoms with van der Waals surface area (Å²) in [6, 6.07) is 15.8. The van der Waals surface area contributed by atoms with E-state index in [-0.39, 0.29) is 5.91 Å². The zero-order valence-corrected chi connectivity index (χ0v) is 18.7. The molecule has 6 nitrogen and oxygen atoms in total. The van der Waals surface area contributed by atoms with Crippen LogP contribution >= 0.6 is 11.3 Å². The smallest absolute Gasteiger partial charge is 0.254 e. The molecule has 3 heterocycles. The number of fused-ring (bicyclic) bond motifs is 4. The van der Waals surface area contributed by atoms with Crippen molar-refractivity contribution in [2.24, 2.45) is 5.73 Å². The quantitative estimate of drug-likeness (QED) is 0.444. The summed E-state index contributed by atoms with van der Waals surface area (Å²) in [5.74, 6) is -0.464. The molecule has 7 heteroatoms. The number of carbonyl (C=O) groups excluding carboxylic acids is 2. The Morgan fingerprint density at radius 2 is 1.88 bits per heavy atom. The molecule has 1 fully saturated rings. The van der Waals surface area contributed by atoms with Gasteiger partial charge in [0.2, 0.25) is 5.91 Å². The Hall–Kier alpha value is -3.55. The van der Waals surface area contributed by atoms with Crippen molar-refractivity contribution in [3.8, 4) is 22.5 Å². The van der Waals surface area contributed by atoms with E-state index >= 15 is 0 Å². The van der Waals surface area contributed by atoms with Crippen molar-refractivity contribution >= 4 is 33.2 Å². The Morgan fingerprint density at radius 1 is 1.03 bits per heavy atom. The monoisotopic (exact) mass is 455 g/mol. The van der Waals surface area contributed by atoms with E-state index in [1.54, 1.807) is 17.4 Å². The van der Waals surface area contributed by atoms with E-state index in [9.17, 15) is 9.59 Å². The largest absolute Gasteiger partial charge is 0.378 e. The molecule has 33 heavy (non-hydrogen) atoms. The van der Waals surface area contributed by atoms with E-state index in [0.717, 1.165) is 39.0 Å². The van der Waals surface area contributed by atoms with Gasteiger partial charge in [-0.05, 0) is 58.3 Å². The number of rotatable bonds is 3. The van der Waals surface area contributed by atoms with Gasteiger partial charge in [-0.1, -0.05) is 12.1 Å². The van der Waals surface area contributed by atoms with Gasteiger partial charge in [0.25, 0.3) is 5.91 Å². The standard InChI is InChI=1S/C26H21N3O3S/c27-25(30)21-14-22(15-2-4-23-16(11-15)5-10-33-23)28-24-19-3-1-17(12-18(19)13-20(21)24)26(31)29-6-8-32-9-7-29/h1-5,10-12,14H,6-9,13H2,(H2,27,30). The second kappa shape index (κ2) is 7.79. The molecule has 2 N–H and O–H groups in total. The highest BCUT2D eigenvalue weighted by atomic mass is 32.1. The Kier molecular flexibility index (Phi) is 4.74. The lowest BCUT2D eigenvalue weighted by atomic mass is 10.0. The zero-order chi connectivity index (χ0) is 22.5. The normalized spacial score (nSPS) is 14.8. The number of nitrogens with two attached hydrogens (primary N) is 1. The van der Waals surface area contributed by atoms with Crippen LogP contribution in [0.4, 0.5) is 0 Å². The number of hydrogen-bond donors (Lipinski definition) is 1. The van der Waals surface area contributed by atoms with Gasteiger partial charge >= 0.3 is 0 Å². The minimum Gasteiger partial charge on any atom is -0.378 e. The first-order chi connectivity index (χ1) is 16.1. The van der Waals surface area contributed by atoms with Gasteiger partial charge < -0.3 is 15.4 Å². The van der Waals surface area contributed by atoms with E-state index in [1.807, 2.05) is 29.2 Å². The Labute approximate surface area is 194 Å². The molecule has 0 spiro atoms. The summed E-state index contributed by atoms with van der Waals surface area (Å²) >= 11 is 1.69. The summed E-state index contributed by atoms with van der Waals surface area (Å²) in [7, 11) is 0. The summed E-state index contributed by atoms with van der Waals surface area (Å²) < 4.78 is 6.57. The van der Waals surface area contributed by atoms with Crippen LogP contribution in [0.5, 0.6) is 0 Å². The first-order valence-electron chi connectivity index (χ1n) is 10.9. The third kappa shape index (κ3) is 3.41. The fourth-order valence-corrected chi connectivity index (χ4v) is 5.48. The summed E-state index contributed by atoms with van der Waals surface area (Å²) in [6.45, 7) is 2.32. The van der Waals surface area contributed by atoms with Gasteiger partial charge in [-0.2, -0.15) is 0 Å². The lowest BCUT2D eigenvalue weighted by molar-refractivity contribution is 0.0303. The summed E-state index contributed by atoms with van der Waals surface area (Å²) in [5, 5.41) is 3.21. The van der Waals surface area contributed by atoms with Crippen LogP contribution in [-0.4, -0.2) is 48.0 Å². The minimum absolute atomic E-state index is 0.00453. The van der Waals surface area contributed by atoms with Gasteiger partial charge in [-0.3, -0.25) is 9.59 Å². The van der Waals surface area contributed by atoms with E-state index in [4.69, 9.17) is 15.5 Å². The van der Waals surface area contributed by atoms with Crippen molar-refractivity contribution in [2.75, 3.05) is 26.3 Å². The molecule has 0 unspecified atom stereocenters. The lowest BCUT2D eigenvalue weighted by Gasteiger charge is -2.27. The maximum absolute atomic E-state index is 13.0. The molecule has 2 amide bonds. The molecule has 2 aromatic carbocycles. The number of primary amides is 1. The molecule has 2 aromatic heterocycles. The summed E-state index contributed by atoms with van der Waals surface area (Å²) in [6.07, 6.45) is 0.532. The number of hydrogen-bond acceptors (Lipinski definition) is 5. The van der Waals surface area contributed by atoms with E-state index < -0.39 is 5.91 Å². The predicted molar refractivity (Wildman–Crippen MR) is 129 cm³/mol. The van der Waals surface area contributed by atoms with E-state index in [0.29, 0.717) is 43.9 Å². The van der Waals surface area contributed by atoms with Crippen LogP contribution in [0.2, 0.25) is 0 Å². The highest BCUT2D eigenvalue weighted by Crippen LogP contribution is 2.40.